The second-order valence-corrected chi connectivity index (χ2v) is 7.47. The fourth-order valence-electron chi connectivity index (χ4n) is 5.32. The summed E-state index contributed by atoms with van der Waals surface area (Å²) in [5, 5.41) is 0. The third-order valence-electron chi connectivity index (χ3n) is 5.82. The van der Waals surface area contributed by atoms with Gasteiger partial charge in [-0.15, -0.1) is 0 Å². The lowest BCUT2D eigenvalue weighted by atomic mass is 9.54. The largest absolute Gasteiger partial charge is 0.484 e. The lowest BCUT2D eigenvalue weighted by Crippen LogP contribution is -2.54. The highest BCUT2D eigenvalue weighted by molar-refractivity contribution is 5.38. The number of hydrogen-bond acceptors (Lipinski definition) is 2. The van der Waals surface area contributed by atoms with Gasteiger partial charge in [-0.05, 0) is 56.3 Å². The van der Waals surface area contributed by atoms with Gasteiger partial charge in [0.05, 0.1) is 0 Å². The molecule has 0 aliphatic heterocycles. The van der Waals surface area contributed by atoms with E-state index in [0.717, 1.165) is 38.5 Å². The molecule has 4 bridgehead atoms. The fraction of sp³-hybridized carbons (Fsp3) is 0.647. The zero-order chi connectivity index (χ0) is 16.4. The van der Waals surface area contributed by atoms with Crippen molar-refractivity contribution >= 4 is 0 Å². The Hall–Kier alpha value is -1.30. The summed E-state index contributed by atoms with van der Waals surface area (Å²) in [5.41, 5.74) is 4.42. The molecule has 0 amide bonds. The molecule has 0 aromatic heterocycles. The molecule has 23 heavy (non-hydrogen) atoms. The molecule has 4 aliphatic rings. The minimum Gasteiger partial charge on any atom is -0.484 e. The summed E-state index contributed by atoms with van der Waals surface area (Å²) in [7, 11) is 0. The van der Waals surface area contributed by atoms with Crippen LogP contribution in [0.2, 0.25) is 0 Å². The second-order valence-electron chi connectivity index (χ2n) is 7.47. The molecule has 4 aliphatic carbocycles. The molecular weight excluding hydrogens is 310 g/mol. The molecule has 4 fully saturated rings. The smallest absolute Gasteiger partial charge is 0.204 e. The van der Waals surface area contributed by atoms with E-state index in [4.69, 9.17) is 10.5 Å². The highest BCUT2D eigenvalue weighted by Gasteiger charge is 2.53. The molecule has 0 radical (unpaired) electrons. The van der Waals surface area contributed by atoms with E-state index >= 15 is 0 Å². The zero-order valence-electron chi connectivity index (χ0n) is 12.7. The van der Waals surface area contributed by atoms with Gasteiger partial charge in [0.25, 0.3) is 0 Å². The minimum atomic E-state index is -1.83. The van der Waals surface area contributed by atoms with Crippen LogP contribution in [0.25, 0.3) is 0 Å². The number of hydrogen-bond donors (Lipinski definition) is 1. The Kier molecular flexibility index (Phi) is 3.38. The van der Waals surface area contributed by atoms with Crippen LogP contribution < -0.4 is 10.5 Å². The molecule has 1 aromatic rings. The standard InChI is InChI=1S/C17H19F4NO/c18-12-11(7-22)16(15(21)14(20)13(12)19)23-17-4-8-1-9(5-17)3-10(2-8)6-17/h8-10H,1-7,22H2. The predicted molar refractivity (Wildman–Crippen MR) is 75.7 cm³/mol. The number of ether oxygens (including phenoxy) is 1. The molecule has 4 saturated carbocycles. The van der Waals surface area contributed by atoms with E-state index in [9.17, 15) is 17.6 Å². The molecule has 2 N–H and O–H groups in total. The van der Waals surface area contributed by atoms with Crippen LogP contribution in [0, 0.1) is 41.0 Å². The minimum absolute atomic E-state index is 0.419. The van der Waals surface area contributed by atoms with Crippen LogP contribution in [0.5, 0.6) is 5.75 Å². The van der Waals surface area contributed by atoms with E-state index < -0.39 is 46.7 Å². The van der Waals surface area contributed by atoms with Gasteiger partial charge in [-0.1, -0.05) is 0 Å². The second kappa shape index (κ2) is 5.10. The third-order valence-corrected chi connectivity index (χ3v) is 5.82. The first kappa shape index (κ1) is 15.2. The Bertz CT molecular complexity index is 625. The quantitative estimate of drug-likeness (QED) is 0.516. The van der Waals surface area contributed by atoms with Gasteiger partial charge in [0.15, 0.2) is 17.4 Å². The molecule has 1 aromatic carbocycles. The van der Waals surface area contributed by atoms with Crippen molar-refractivity contribution < 1.29 is 22.3 Å². The van der Waals surface area contributed by atoms with Gasteiger partial charge < -0.3 is 10.5 Å². The van der Waals surface area contributed by atoms with E-state index in [1.54, 1.807) is 0 Å². The highest BCUT2D eigenvalue weighted by Crippen LogP contribution is 2.57. The first-order valence-corrected chi connectivity index (χ1v) is 8.16. The maximum absolute atomic E-state index is 14.2. The lowest BCUT2D eigenvalue weighted by molar-refractivity contribution is -0.109. The van der Waals surface area contributed by atoms with Crippen molar-refractivity contribution in [1.29, 1.82) is 0 Å². The lowest BCUT2D eigenvalue weighted by Gasteiger charge is -2.56. The average molecular weight is 329 g/mol. The topological polar surface area (TPSA) is 35.2 Å². The molecule has 0 unspecified atom stereocenters. The van der Waals surface area contributed by atoms with Crippen LogP contribution in [-0.4, -0.2) is 5.60 Å². The molecule has 6 heteroatoms. The van der Waals surface area contributed by atoms with E-state index in [1.165, 1.54) is 0 Å². The summed E-state index contributed by atoms with van der Waals surface area (Å²) >= 11 is 0. The molecular formula is C17H19F4NO. The Morgan fingerprint density at radius 3 is 1.78 bits per heavy atom. The van der Waals surface area contributed by atoms with Crippen LogP contribution in [0.3, 0.4) is 0 Å². The van der Waals surface area contributed by atoms with Crippen LogP contribution >= 0.6 is 0 Å². The van der Waals surface area contributed by atoms with Gasteiger partial charge in [-0.3, -0.25) is 0 Å². The predicted octanol–water partition coefficient (Wildman–Crippen LogP) is 4.05. The SMILES string of the molecule is NCc1c(F)c(F)c(F)c(F)c1OC12CC3CC(CC(C3)C1)C2. The third kappa shape index (κ3) is 2.25. The first-order chi connectivity index (χ1) is 10.9. The van der Waals surface area contributed by atoms with Gasteiger partial charge in [-0.2, -0.15) is 4.39 Å². The van der Waals surface area contributed by atoms with E-state index in [-0.39, 0.29) is 0 Å². The molecule has 0 heterocycles. The van der Waals surface area contributed by atoms with Crippen molar-refractivity contribution in [2.75, 3.05) is 0 Å². The van der Waals surface area contributed by atoms with Gasteiger partial charge in [0, 0.05) is 12.1 Å². The van der Waals surface area contributed by atoms with Crippen molar-refractivity contribution in [2.45, 2.75) is 50.7 Å². The maximum Gasteiger partial charge on any atom is 0.204 e. The summed E-state index contributed by atoms with van der Waals surface area (Å²) in [6, 6.07) is 0. The maximum atomic E-state index is 14.2. The molecule has 5 rings (SSSR count). The number of nitrogens with two attached hydrogens (primary N) is 1. The van der Waals surface area contributed by atoms with E-state index in [0.29, 0.717) is 17.8 Å². The molecule has 0 atom stereocenters. The van der Waals surface area contributed by atoms with Crippen molar-refractivity contribution in [3.63, 3.8) is 0 Å². The fourth-order valence-corrected chi connectivity index (χ4v) is 5.32. The monoisotopic (exact) mass is 329 g/mol. The van der Waals surface area contributed by atoms with Crippen molar-refractivity contribution in [3.8, 4) is 5.75 Å². The zero-order valence-corrected chi connectivity index (χ0v) is 12.7. The van der Waals surface area contributed by atoms with Crippen molar-refractivity contribution in [2.24, 2.45) is 23.5 Å². The van der Waals surface area contributed by atoms with Gasteiger partial charge >= 0.3 is 0 Å². The molecule has 0 spiro atoms. The first-order valence-electron chi connectivity index (χ1n) is 8.16. The Morgan fingerprint density at radius 1 is 0.826 bits per heavy atom. The van der Waals surface area contributed by atoms with Crippen LogP contribution in [0.15, 0.2) is 0 Å². The van der Waals surface area contributed by atoms with Crippen LogP contribution in [-0.2, 0) is 6.54 Å². The summed E-state index contributed by atoms with van der Waals surface area (Å²) in [5.74, 6) is -5.54. The molecule has 126 valence electrons. The average Bonchev–Trinajstić information content (AvgIpc) is 2.49. The van der Waals surface area contributed by atoms with Crippen molar-refractivity contribution in [1.82, 2.24) is 0 Å². The summed E-state index contributed by atoms with van der Waals surface area (Å²) in [4.78, 5) is 0. The summed E-state index contributed by atoms with van der Waals surface area (Å²) in [6.07, 6.45) is 5.76. The number of rotatable bonds is 3. The number of halogens is 4. The van der Waals surface area contributed by atoms with Gasteiger partial charge in [0.2, 0.25) is 11.6 Å². The van der Waals surface area contributed by atoms with Crippen molar-refractivity contribution in [3.05, 3.63) is 28.8 Å². The number of benzene rings is 1. The Labute approximate surface area is 132 Å². The van der Waals surface area contributed by atoms with E-state index in [2.05, 4.69) is 0 Å². The molecule has 0 saturated heterocycles. The van der Waals surface area contributed by atoms with Crippen LogP contribution in [0.4, 0.5) is 17.6 Å². The van der Waals surface area contributed by atoms with Gasteiger partial charge in [0.1, 0.15) is 5.60 Å². The summed E-state index contributed by atoms with van der Waals surface area (Å²) in [6.45, 7) is -0.443. The molecule has 2 nitrogen and oxygen atoms in total. The van der Waals surface area contributed by atoms with E-state index in [1.807, 2.05) is 0 Å². The highest BCUT2D eigenvalue weighted by atomic mass is 19.2. The summed E-state index contributed by atoms with van der Waals surface area (Å²) < 4.78 is 61.0. The van der Waals surface area contributed by atoms with Crippen LogP contribution in [0.1, 0.15) is 44.1 Å². The van der Waals surface area contributed by atoms with Gasteiger partial charge in [-0.25, -0.2) is 13.2 Å². The Morgan fingerprint density at radius 2 is 1.30 bits per heavy atom. The Balaban J connectivity index is 1.75. The normalized spacial score (nSPS) is 34.9.